The monoisotopic (exact) mass is 206 g/mol. The zero-order valence-electron chi connectivity index (χ0n) is 9.11. The van der Waals surface area contributed by atoms with E-state index in [0.29, 0.717) is 12.1 Å². The summed E-state index contributed by atoms with van der Waals surface area (Å²) in [6.45, 7) is 0. The summed E-state index contributed by atoms with van der Waals surface area (Å²) < 4.78 is 0. The summed E-state index contributed by atoms with van der Waals surface area (Å²) >= 11 is 0. The zero-order valence-corrected chi connectivity index (χ0v) is 9.11. The number of hydrogen-bond donors (Lipinski definition) is 2. The maximum absolute atomic E-state index is 4.23. The second-order valence-corrected chi connectivity index (χ2v) is 4.08. The van der Waals surface area contributed by atoms with Crippen molar-refractivity contribution in [3.05, 3.63) is 18.6 Å². The van der Waals surface area contributed by atoms with Crippen molar-refractivity contribution >= 4 is 5.82 Å². The maximum atomic E-state index is 4.23. The van der Waals surface area contributed by atoms with Crippen LogP contribution in [0.15, 0.2) is 18.6 Å². The predicted octanol–water partition coefficient (Wildman–Crippen LogP) is 1.42. The molecule has 1 heterocycles. The van der Waals surface area contributed by atoms with Gasteiger partial charge in [0, 0.05) is 24.5 Å². The van der Waals surface area contributed by atoms with E-state index in [1.54, 1.807) is 18.6 Å². The van der Waals surface area contributed by atoms with Crippen LogP contribution in [0.3, 0.4) is 0 Å². The van der Waals surface area contributed by atoms with Crippen LogP contribution in [0.2, 0.25) is 0 Å². The predicted molar refractivity (Wildman–Crippen MR) is 60.8 cm³/mol. The van der Waals surface area contributed by atoms with Gasteiger partial charge in [-0.2, -0.15) is 0 Å². The van der Waals surface area contributed by atoms with E-state index < -0.39 is 0 Å². The zero-order chi connectivity index (χ0) is 10.5. The molecule has 0 aliphatic heterocycles. The lowest BCUT2D eigenvalue weighted by molar-refractivity contribution is 0.369. The lowest BCUT2D eigenvalue weighted by atomic mass is 9.91. The van der Waals surface area contributed by atoms with Crippen molar-refractivity contribution in [2.24, 2.45) is 0 Å². The van der Waals surface area contributed by atoms with Crippen LogP contribution in [0.5, 0.6) is 0 Å². The first-order chi connectivity index (χ1) is 7.38. The normalized spacial score (nSPS) is 26.2. The van der Waals surface area contributed by atoms with Gasteiger partial charge in [-0.25, -0.2) is 4.98 Å². The molecule has 2 atom stereocenters. The van der Waals surface area contributed by atoms with Crippen molar-refractivity contribution in [3.63, 3.8) is 0 Å². The van der Waals surface area contributed by atoms with Gasteiger partial charge in [-0.05, 0) is 32.7 Å². The Morgan fingerprint density at radius 3 is 2.87 bits per heavy atom. The molecule has 0 radical (unpaired) electrons. The second kappa shape index (κ2) is 5.07. The summed E-state index contributed by atoms with van der Waals surface area (Å²) in [7, 11) is 2.04. The molecule has 0 amide bonds. The molecule has 1 fully saturated rings. The molecule has 0 saturated heterocycles. The Kier molecular flexibility index (Phi) is 3.50. The second-order valence-electron chi connectivity index (χ2n) is 4.08. The third-order valence-corrected chi connectivity index (χ3v) is 3.00. The van der Waals surface area contributed by atoms with E-state index in [2.05, 4.69) is 20.6 Å². The van der Waals surface area contributed by atoms with E-state index in [-0.39, 0.29) is 0 Å². The van der Waals surface area contributed by atoms with E-state index in [1.165, 1.54) is 25.7 Å². The first-order valence-electron chi connectivity index (χ1n) is 5.58. The van der Waals surface area contributed by atoms with Crippen molar-refractivity contribution in [1.82, 2.24) is 15.3 Å². The van der Waals surface area contributed by atoms with Gasteiger partial charge in [0.2, 0.25) is 0 Å². The van der Waals surface area contributed by atoms with Crippen LogP contribution in [0, 0.1) is 0 Å². The van der Waals surface area contributed by atoms with Gasteiger partial charge in [0.05, 0.1) is 6.20 Å². The highest BCUT2D eigenvalue weighted by atomic mass is 15.0. The number of rotatable bonds is 3. The molecule has 2 unspecified atom stereocenters. The van der Waals surface area contributed by atoms with E-state index in [4.69, 9.17) is 0 Å². The number of hydrogen-bond acceptors (Lipinski definition) is 4. The molecule has 82 valence electrons. The Bertz CT molecular complexity index is 288. The van der Waals surface area contributed by atoms with Crippen molar-refractivity contribution in [2.45, 2.75) is 37.8 Å². The van der Waals surface area contributed by atoms with Gasteiger partial charge in [0.25, 0.3) is 0 Å². The molecule has 1 aromatic rings. The fraction of sp³-hybridized carbons (Fsp3) is 0.636. The molecule has 1 saturated carbocycles. The van der Waals surface area contributed by atoms with E-state index in [1.807, 2.05) is 7.05 Å². The minimum absolute atomic E-state index is 0.535. The fourth-order valence-electron chi connectivity index (χ4n) is 2.17. The summed E-state index contributed by atoms with van der Waals surface area (Å²) in [6.07, 6.45) is 10.2. The van der Waals surface area contributed by atoms with Crippen LogP contribution < -0.4 is 10.6 Å². The highest BCUT2D eigenvalue weighted by molar-refractivity contribution is 5.31. The summed E-state index contributed by atoms with van der Waals surface area (Å²) in [6, 6.07) is 1.18. The molecule has 4 heteroatoms. The molecule has 15 heavy (non-hydrogen) atoms. The Labute approximate surface area is 90.5 Å². The molecule has 4 nitrogen and oxygen atoms in total. The standard InChI is InChI=1S/C11H18N4/c1-12-9-3-2-4-10(7-9)15-11-8-13-5-6-14-11/h5-6,8-10,12H,2-4,7H2,1H3,(H,14,15). The third-order valence-electron chi connectivity index (χ3n) is 3.00. The topological polar surface area (TPSA) is 49.8 Å². The fourth-order valence-corrected chi connectivity index (χ4v) is 2.17. The van der Waals surface area contributed by atoms with Crippen LogP contribution in [0.1, 0.15) is 25.7 Å². The first-order valence-corrected chi connectivity index (χ1v) is 5.58. The summed E-state index contributed by atoms with van der Waals surface area (Å²) in [4.78, 5) is 8.28. The lowest BCUT2D eigenvalue weighted by Crippen LogP contribution is -2.37. The number of aromatic nitrogens is 2. The van der Waals surface area contributed by atoms with E-state index in [9.17, 15) is 0 Å². The van der Waals surface area contributed by atoms with Gasteiger partial charge in [-0.1, -0.05) is 0 Å². The smallest absolute Gasteiger partial charge is 0.144 e. The Morgan fingerprint density at radius 2 is 2.13 bits per heavy atom. The molecule has 1 aromatic heterocycles. The van der Waals surface area contributed by atoms with Gasteiger partial charge >= 0.3 is 0 Å². The molecule has 0 aromatic carbocycles. The van der Waals surface area contributed by atoms with Crippen LogP contribution in [0.4, 0.5) is 5.82 Å². The molecule has 2 rings (SSSR count). The first kappa shape index (κ1) is 10.4. The minimum atomic E-state index is 0.535. The van der Waals surface area contributed by atoms with Crippen LogP contribution in [-0.2, 0) is 0 Å². The van der Waals surface area contributed by atoms with Gasteiger partial charge in [0.15, 0.2) is 0 Å². The number of anilines is 1. The average Bonchev–Trinajstić information content (AvgIpc) is 2.31. The molecule has 0 bridgehead atoms. The highest BCUT2D eigenvalue weighted by Gasteiger charge is 2.20. The van der Waals surface area contributed by atoms with Crippen molar-refractivity contribution in [2.75, 3.05) is 12.4 Å². The van der Waals surface area contributed by atoms with Crippen molar-refractivity contribution in [3.8, 4) is 0 Å². The lowest BCUT2D eigenvalue weighted by Gasteiger charge is -2.29. The third kappa shape index (κ3) is 2.89. The van der Waals surface area contributed by atoms with Crippen LogP contribution in [0.25, 0.3) is 0 Å². The van der Waals surface area contributed by atoms with Gasteiger partial charge in [-0.15, -0.1) is 0 Å². The number of nitrogens with zero attached hydrogens (tertiary/aromatic N) is 2. The van der Waals surface area contributed by atoms with Crippen molar-refractivity contribution in [1.29, 1.82) is 0 Å². The molecule has 1 aliphatic carbocycles. The molecule has 1 aliphatic rings. The molecule has 2 N–H and O–H groups in total. The largest absolute Gasteiger partial charge is 0.366 e. The SMILES string of the molecule is CNC1CCCC(Nc2cnccn2)C1. The molecular formula is C11H18N4. The van der Waals surface area contributed by atoms with E-state index in [0.717, 1.165) is 5.82 Å². The average molecular weight is 206 g/mol. The molecular weight excluding hydrogens is 188 g/mol. The Balaban J connectivity index is 1.89. The summed E-state index contributed by atoms with van der Waals surface area (Å²) in [5.74, 6) is 0.888. The Hall–Kier alpha value is -1.16. The Morgan fingerprint density at radius 1 is 1.27 bits per heavy atom. The minimum Gasteiger partial charge on any atom is -0.366 e. The summed E-state index contributed by atoms with van der Waals surface area (Å²) in [5, 5.41) is 6.78. The van der Waals surface area contributed by atoms with Gasteiger partial charge in [-0.3, -0.25) is 4.98 Å². The summed E-state index contributed by atoms with van der Waals surface area (Å²) in [5.41, 5.74) is 0. The maximum Gasteiger partial charge on any atom is 0.144 e. The quantitative estimate of drug-likeness (QED) is 0.785. The van der Waals surface area contributed by atoms with Crippen LogP contribution >= 0.6 is 0 Å². The highest BCUT2D eigenvalue weighted by Crippen LogP contribution is 2.20. The number of nitrogens with one attached hydrogen (secondary N) is 2. The van der Waals surface area contributed by atoms with E-state index >= 15 is 0 Å². The molecule has 0 spiro atoms. The van der Waals surface area contributed by atoms with Crippen LogP contribution in [-0.4, -0.2) is 29.1 Å². The van der Waals surface area contributed by atoms with Crippen molar-refractivity contribution < 1.29 is 0 Å². The van der Waals surface area contributed by atoms with Gasteiger partial charge in [0.1, 0.15) is 5.82 Å². The van der Waals surface area contributed by atoms with Gasteiger partial charge < -0.3 is 10.6 Å².